The summed E-state index contributed by atoms with van der Waals surface area (Å²) in [6.45, 7) is 6.42. The molecule has 1 aliphatic carbocycles. The number of rotatable bonds is 6. The predicted octanol–water partition coefficient (Wildman–Crippen LogP) is 5.00. The van der Waals surface area contributed by atoms with Gasteiger partial charge in [-0.25, -0.2) is 0 Å². The van der Waals surface area contributed by atoms with Crippen molar-refractivity contribution < 1.29 is 9.53 Å². The van der Waals surface area contributed by atoms with E-state index in [2.05, 4.69) is 37.3 Å². The Bertz CT molecular complexity index is 543. The molecule has 0 unspecified atom stereocenters. The van der Waals surface area contributed by atoms with Crippen molar-refractivity contribution in [3.8, 4) is 5.75 Å². The standard InChI is InChI=1S/C15H16O.C5H10OS/c1-13-8-6-7-11-15(13)16-12-14-9-4-2-3-5-10-14;1-3-7-4-5(2)6/h2-11,14H,12H2,1H3;3-4H2,1-2H3. The average molecular weight is 330 g/mol. The Morgan fingerprint density at radius 2 is 1.78 bits per heavy atom. The van der Waals surface area contributed by atoms with Gasteiger partial charge in [-0.3, -0.25) is 4.79 Å². The van der Waals surface area contributed by atoms with Crippen molar-refractivity contribution in [2.24, 2.45) is 5.92 Å². The molecule has 1 aromatic carbocycles. The van der Waals surface area contributed by atoms with Crippen molar-refractivity contribution in [2.45, 2.75) is 20.8 Å². The first kappa shape index (κ1) is 19.3. The van der Waals surface area contributed by atoms with Crippen molar-refractivity contribution in [3.05, 3.63) is 66.3 Å². The number of aryl methyl sites for hydroxylation is 1. The number of thioether (sulfide) groups is 1. The lowest BCUT2D eigenvalue weighted by molar-refractivity contribution is -0.114. The van der Waals surface area contributed by atoms with Crippen LogP contribution in [0.4, 0.5) is 0 Å². The van der Waals surface area contributed by atoms with Crippen LogP contribution in [0.3, 0.4) is 0 Å². The monoisotopic (exact) mass is 330 g/mol. The highest BCUT2D eigenvalue weighted by atomic mass is 32.2. The van der Waals surface area contributed by atoms with E-state index in [9.17, 15) is 4.79 Å². The lowest BCUT2D eigenvalue weighted by Crippen LogP contribution is -2.07. The molecule has 1 aromatic rings. The first-order chi connectivity index (χ1) is 11.1. The van der Waals surface area contributed by atoms with E-state index in [4.69, 9.17) is 4.74 Å². The van der Waals surface area contributed by atoms with Crippen LogP contribution in [-0.4, -0.2) is 23.9 Å². The number of carbonyl (C=O) groups is 1. The van der Waals surface area contributed by atoms with Gasteiger partial charge in [-0.05, 0) is 31.2 Å². The van der Waals surface area contributed by atoms with Gasteiger partial charge in [0.25, 0.3) is 0 Å². The molecular formula is C20H26O2S. The second kappa shape index (κ2) is 11.8. The van der Waals surface area contributed by atoms with Gasteiger partial charge in [0.05, 0.1) is 12.4 Å². The summed E-state index contributed by atoms with van der Waals surface area (Å²) in [7, 11) is 0. The maximum Gasteiger partial charge on any atom is 0.139 e. The molecule has 0 atom stereocenters. The third-order valence-corrected chi connectivity index (χ3v) is 4.10. The average Bonchev–Trinajstić information content (AvgIpc) is 2.81. The Balaban J connectivity index is 0.000000322. The number of carbonyl (C=O) groups excluding carboxylic acids is 1. The van der Waals surface area contributed by atoms with Crippen molar-refractivity contribution >= 4 is 17.5 Å². The number of hydrogen-bond acceptors (Lipinski definition) is 3. The lowest BCUT2D eigenvalue weighted by Gasteiger charge is -2.11. The van der Waals surface area contributed by atoms with Gasteiger partial charge in [-0.15, -0.1) is 0 Å². The summed E-state index contributed by atoms with van der Waals surface area (Å²) in [6, 6.07) is 8.10. The van der Waals surface area contributed by atoms with Gasteiger partial charge in [-0.2, -0.15) is 11.8 Å². The van der Waals surface area contributed by atoms with Gasteiger partial charge < -0.3 is 4.74 Å². The van der Waals surface area contributed by atoms with E-state index in [1.807, 2.05) is 37.3 Å². The van der Waals surface area contributed by atoms with Gasteiger partial charge in [0, 0.05) is 5.92 Å². The van der Waals surface area contributed by atoms with Crippen molar-refractivity contribution in [1.82, 2.24) is 0 Å². The fraction of sp³-hybridized carbons (Fsp3) is 0.350. The Morgan fingerprint density at radius 1 is 1.13 bits per heavy atom. The van der Waals surface area contributed by atoms with Crippen LogP contribution in [0.25, 0.3) is 0 Å². The molecule has 2 nitrogen and oxygen atoms in total. The number of Topliss-reactive ketones (excluding diaryl/α,β-unsaturated/α-hetero) is 1. The van der Waals surface area contributed by atoms with E-state index >= 15 is 0 Å². The maximum absolute atomic E-state index is 10.2. The second-order valence-corrected chi connectivity index (χ2v) is 6.51. The summed E-state index contributed by atoms with van der Waals surface area (Å²) in [5.74, 6) is 3.32. The minimum absolute atomic E-state index is 0.270. The molecule has 0 fully saturated rings. The summed E-state index contributed by atoms with van der Waals surface area (Å²) >= 11 is 1.67. The molecule has 0 amide bonds. The summed E-state index contributed by atoms with van der Waals surface area (Å²) in [6.07, 6.45) is 12.5. The number of hydrogen-bond donors (Lipinski definition) is 0. The molecule has 0 aliphatic heterocycles. The number of benzene rings is 1. The SMILES string of the molecule is CCSCC(C)=O.Cc1ccccc1OCC1C=CC=CC=C1. The van der Waals surface area contributed by atoms with Gasteiger partial charge in [-0.1, -0.05) is 61.6 Å². The fourth-order valence-electron chi connectivity index (χ4n) is 1.87. The van der Waals surface area contributed by atoms with Crippen LogP contribution in [0, 0.1) is 12.8 Å². The lowest BCUT2D eigenvalue weighted by atomic mass is 10.1. The van der Waals surface area contributed by atoms with Crippen LogP contribution >= 0.6 is 11.8 Å². The quantitative estimate of drug-likeness (QED) is 0.734. The zero-order chi connectivity index (χ0) is 16.9. The Labute approximate surface area is 144 Å². The van der Waals surface area contributed by atoms with Crippen molar-refractivity contribution in [2.75, 3.05) is 18.1 Å². The molecular weight excluding hydrogens is 304 g/mol. The first-order valence-electron chi connectivity index (χ1n) is 7.90. The Morgan fingerprint density at radius 3 is 2.30 bits per heavy atom. The summed E-state index contributed by atoms with van der Waals surface area (Å²) in [5.41, 5.74) is 1.18. The molecule has 3 heteroatoms. The van der Waals surface area contributed by atoms with Crippen LogP contribution in [0.2, 0.25) is 0 Å². The molecule has 1 aliphatic rings. The molecule has 0 spiro atoms. The van der Waals surface area contributed by atoms with Gasteiger partial charge >= 0.3 is 0 Å². The van der Waals surface area contributed by atoms with E-state index in [1.54, 1.807) is 18.7 Å². The normalized spacial score (nSPS) is 13.2. The van der Waals surface area contributed by atoms with Crippen LogP contribution in [0.5, 0.6) is 5.75 Å². The Hall–Kier alpha value is -1.74. The van der Waals surface area contributed by atoms with Crippen LogP contribution < -0.4 is 4.74 Å². The molecule has 23 heavy (non-hydrogen) atoms. The molecule has 0 radical (unpaired) electrons. The van der Waals surface area contributed by atoms with E-state index in [0.717, 1.165) is 11.5 Å². The Kier molecular flexibility index (Phi) is 9.89. The number of para-hydroxylation sites is 1. The number of ether oxygens (including phenoxy) is 1. The smallest absolute Gasteiger partial charge is 0.139 e. The molecule has 0 saturated carbocycles. The molecule has 124 valence electrons. The predicted molar refractivity (Wildman–Crippen MR) is 101 cm³/mol. The summed E-state index contributed by atoms with van der Waals surface area (Å²) in [5, 5.41) is 0. The summed E-state index contributed by atoms with van der Waals surface area (Å²) < 4.78 is 5.80. The first-order valence-corrected chi connectivity index (χ1v) is 9.06. The fourth-order valence-corrected chi connectivity index (χ4v) is 2.36. The molecule has 0 saturated heterocycles. The zero-order valence-electron chi connectivity index (χ0n) is 14.2. The molecule has 0 aromatic heterocycles. The van der Waals surface area contributed by atoms with E-state index in [-0.39, 0.29) is 5.78 Å². The van der Waals surface area contributed by atoms with E-state index in [0.29, 0.717) is 18.3 Å². The molecule has 0 heterocycles. The summed E-state index contributed by atoms with van der Waals surface area (Å²) in [4.78, 5) is 10.2. The third-order valence-electron chi connectivity index (χ3n) is 3.08. The van der Waals surface area contributed by atoms with E-state index < -0.39 is 0 Å². The second-order valence-electron chi connectivity index (χ2n) is 5.23. The highest BCUT2D eigenvalue weighted by molar-refractivity contribution is 7.99. The highest BCUT2D eigenvalue weighted by Gasteiger charge is 2.03. The topological polar surface area (TPSA) is 26.3 Å². The number of allylic oxidation sites excluding steroid dienone is 4. The zero-order valence-corrected chi connectivity index (χ0v) is 15.0. The van der Waals surface area contributed by atoms with Crippen LogP contribution in [0.1, 0.15) is 19.4 Å². The molecule has 0 bridgehead atoms. The maximum atomic E-state index is 10.2. The molecule has 0 N–H and O–H groups in total. The highest BCUT2D eigenvalue weighted by Crippen LogP contribution is 2.18. The van der Waals surface area contributed by atoms with Gasteiger partial charge in [0.1, 0.15) is 11.5 Å². The van der Waals surface area contributed by atoms with Gasteiger partial charge in [0.2, 0.25) is 0 Å². The van der Waals surface area contributed by atoms with E-state index in [1.165, 1.54) is 5.56 Å². The van der Waals surface area contributed by atoms with Crippen molar-refractivity contribution in [3.63, 3.8) is 0 Å². The minimum Gasteiger partial charge on any atom is -0.492 e. The van der Waals surface area contributed by atoms with Gasteiger partial charge in [0.15, 0.2) is 0 Å². The molecule has 2 rings (SSSR count). The third kappa shape index (κ3) is 9.09. The van der Waals surface area contributed by atoms with Crippen LogP contribution in [0.15, 0.2) is 60.7 Å². The minimum atomic E-state index is 0.270. The van der Waals surface area contributed by atoms with Crippen LogP contribution in [-0.2, 0) is 4.79 Å². The largest absolute Gasteiger partial charge is 0.492 e. The number of ketones is 1. The van der Waals surface area contributed by atoms with Crippen molar-refractivity contribution in [1.29, 1.82) is 0 Å².